The average molecular weight is 334 g/mol. The maximum Gasteiger partial charge on any atom is 0.226 e. The molecular weight excluding hydrogens is 294 g/mol. The summed E-state index contributed by atoms with van der Waals surface area (Å²) in [5, 5.41) is 3.22. The van der Waals surface area contributed by atoms with Crippen LogP contribution in [0.2, 0.25) is 0 Å². The summed E-state index contributed by atoms with van der Waals surface area (Å²) in [5.41, 5.74) is 0.0725. The molecule has 1 amide bonds. The van der Waals surface area contributed by atoms with Crippen molar-refractivity contribution in [1.82, 2.24) is 5.32 Å². The molecule has 3 fully saturated rings. The van der Waals surface area contributed by atoms with Crippen LogP contribution in [0, 0.1) is 11.3 Å². The summed E-state index contributed by atoms with van der Waals surface area (Å²) in [5.74, 6) is 1.51. The molecule has 0 aromatic carbocycles. The summed E-state index contributed by atoms with van der Waals surface area (Å²) in [6, 6.07) is 0.531. The van der Waals surface area contributed by atoms with Gasteiger partial charge in [0.2, 0.25) is 5.91 Å². The maximum atomic E-state index is 12.2. The largest absolute Gasteiger partial charge is 0.353 e. The van der Waals surface area contributed by atoms with Crippen molar-refractivity contribution in [3.63, 3.8) is 0 Å². The van der Waals surface area contributed by atoms with Crippen LogP contribution in [-0.4, -0.2) is 11.9 Å². The minimum absolute atomic E-state index is 0.0725. The van der Waals surface area contributed by atoms with Crippen LogP contribution in [0.5, 0.6) is 0 Å². The third-order valence-electron chi connectivity index (χ3n) is 6.46. The van der Waals surface area contributed by atoms with Gasteiger partial charge in [-0.3, -0.25) is 4.79 Å². The van der Waals surface area contributed by atoms with E-state index in [1.54, 1.807) is 0 Å². The van der Waals surface area contributed by atoms with E-state index in [1.807, 2.05) is 0 Å². The van der Waals surface area contributed by atoms with E-state index >= 15 is 0 Å². The fourth-order valence-electron chi connectivity index (χ4n) is 4.02. The number of unbranched alkanes of at least 4 members (excludes halogenated alkanes) is 9. The van der Waals surface area contributed by atoms with Crippen LogP contribution in [0.1, 0.15) is 116 Å². The summed E-state index contributed by atoms with van der Waals surface area (Å²) >= 11 is 0. The second kappa shape index (κ2) is 9.25. The Bertz CT molecular complexity index is 379. The van der Waals surface area contributed by atoms with E-state index < -0.39 is 0 Å². The molecule has 0 aromatic heterocycles. The van der Waals surface area contributed by atoms with Crippen LogP contribution in [-0.2, 0) is 4.79 Å². The quantitative estimate of drug-likeness (QED) is 0.358. The van der Waals surface area contributed by atoms with E-state index in [1.165, 1.54) is 96.3 Å². The van der Waals surface area contributed by atoms with Crippen molar-refractivity contribution < 1.29 is 4.79 Å². The molecule has 3 aliphatic carbocycles. The number of hydrogen-bond acceptors (Lipinski definition) is 1. The van der Waals surface area contributed by atoms with Crippen molar-refractivity contribution in [2.24, 2.45) is 11.3 Å². The first-order valence-corrected chi connectivity index (χ1v) is 11.1. The van der Waals surface area contributed by atoms with E-state index in [4.69, 9.17) is 0 Å². The number of rotatable bonds is 15. The van der Waals surface area contributed by atoms with E-state index in [9.17, 15) is 4.79 Å². The van der Waals surface area contributed by atoms with Gasteiger partial charge in [-0.05, 0) is 38.0 Å². The third kappa shape index (κ3) is 6.76. The van der Waals surface area contributed by atoms with Gasteiger partial charge in [-0.1, -0.05) is 83.5 Å². The molecule has 3 rings (SSSR count). The van der Waals surface area contributed by atoms with Gasteiger partial charge in [0.25, 0.3) is 0 Å². The summed E-state index contributed by atoms with van der Waals surface area (Å²) < 4.78 is 0. The van der Waals surface area contributed by atoms with E-state index in [0.29, 0.717) is 11.9 Å². The number of hydrogen-bond donors (Lipinski definition) is 1. The molecule has 2 nitrogen and oxygen atoms in total. The first-order valence-electron chi connectivity index (χ1n) is 11.1. The van der Waals surface area contributed by atoms with Crippen molar-refractivity contribution in [2.75, 3.05) is 0 Å². The van der Waals surface area contributed by atoms with Gasteiger partial charge in [-0.15, -0.1) is 0 Å². The average Bonchev–Trinajstić information content (AvgIpc) is 3.43. The van der Waals surface area contributed by atoms with Gasteiger partial charge in [0.05, 0.1) is 0 Å². The van der Waals surface area contributed by atoms with Crippen LogP contribution in [0.3, 0.4) is 0 Å². The normalized spacial score (nSPS) is 21.7. The molecule has 0 saturated heterocycles. The zero-order valence-electron chi connectivity index (χ0n) is 15.8. The van der Waals surface area contributed by atoms with Gasteiger partial charge in [0.15, 0.2) is 0 Å². The topological polar surface area (TPSA) is 29.1 Å². The molecule has 0 radical (unpaired) electrons. The van der Waals surface area contributed by atoms with Gasteiger partial charge >= 0.3 is 0 Å². The highest BCUT2D eigenvalue weighted by molar-refractivity contribution is 5.85. The molecule has 0 heterocycles. The van der Waals surface area contributed by atoms with Crippen molar-refractivity contribution in [1.29, 1.82) is 0 Å². The Morgan fingerprint density at radius 3 is 1.79 bits per heavy atom. The van der Waals surface area contributed by atoms with E-state index in [-0.39, 0.29) is 5.41 Å². The third-order valence-corrected chi connectivity index (χ3v) is 6.46. The summed E-state index contributed by atoms with van der Waals surface area (Å²) in [4.78, 5) is 12.2. The predicted molar refractivity (Wildman–Crippen MR) is 101 cm³/mol. The molecule has 138 valence electrons. The van der Waals surface area contributed by atoms with Crippen LogP contribution >= 0.6 is 0 Å². The zero-order valence-corrected chi connectivity index (χ0v) is 15.8. The van der Waals surface area contributed by atoms with E-state index in [2.05, 4.69) is 5.32 Å². The number of amides is 1. The van der Waals surface area contributed by atoms with Gasteiger partial charge in [0, 0.05) is 11.5 Å². The molecule has 0 unspecified atom stereocenters. The summed E-state index contributed by atoms with van der Waals surface area (Å²) in [6.07, 6.45) is 24.5. The van der Waals surface area contributed by atoms with Crippen LogP contribution in [0.15, 0.2) is 0 Å². The highest BCUT2D eigenvalue weighted by Gasteiger charge is 2.49. The molecule has 3 aliphatic rings. The Labute approximate surface area is 149 Å². The molecule has 0 spiro atoms. The van der Waals surface area contributed by atoms with Crippen molar-refractivity contribution in [3.8, 4) is 0 Å². The molecule has 0 aromatic rings. The Hall–Kier alpha value is -0.530. The first-order chi connectivity index (χ1) is 11.8. The highest BCUT2D eigenvalue weighted by Crippen LogP contribution is 2.50. The highest BCUT2D eigenvalue weighted by atomic mass is 16.2. The lowest BCUT2D eigenvalue weighted by atomic mass is 9.96. The zero-order chi connectivity index (χ0) is 16.7. The lowest BCUT2D eigenvalue weighted by Gasteiger charge is -2.14. The molecular formula is C22H39NO. The van der Waals surface area contributed by atoms with Crippen LogP contribution < -0.4 is 5.32 Å². The molecule has 3 saturated carbocycles. The fraction of sp³-hybridized carbons (Fsp3) is 0.955. The molecule has 24 heavy (non-hydrogen) atoms. The minimum Gasteiger partial charge on any atom is -0.353 e. The standard InChI is InChI=1S/C22H39NO/c24-21(23-20-14-15-20)22(17-18-22)16-10-8-6-4-2-1-3-5-7-9-11-19-12-13-19/h19-20H,1-18H2,(H,23,24). The monoisotopic (exact) mass is 333 g/mol. The number of carbonyl (C=O) groups is 1. The minimum atomic E-state index is 0.0725. The Balaban J connectivity index is 1.07. The molecule has 2 heteroatoms. The van der Waals surface area contributed by atoms with Gasteiger partial charge < -0.3 is 5.32 Å². The Morgan fingerprint density at radius 1 is 0.750 bits per heavy atom. The van der Waals surface area contributed by atoms with Gasteiger partial charge in [-0.25, -0.2) is 0 Å². The molecule has 0 aliphatic heterocycles. The van der Waals surface area contributed by atoms with Crippen molar-refractivity contribution in [3.05, 3.63) is 0 Å². The Kier molecular flexibility index (Phi) is 7.04. The fourth-order valence-corrected chi connectivity index (χ4v) is 4.02. The number of nitrogens with one attached hydrogen (secondary N) is 1. The van der Waals surface area contributed by atoms with E-state index in [0.717, 1.165) is 25.2 Å². The summed E-state index contributed by atoms with van der Waals surface area (Å²) in [7, 11) is 0. The molecule has 0 bridgehead atoms. The Morgan fingerprint density at radius 2 is 1.29 bits per heavy atom. The smallest absolute Gasteiger partial charge is 0.226 e. The SMILES string of the molecule is O=C(NC1CC1)C1(CCCCCCCCCCCCC2CC2)CC1. The second-order valence-corrected chi connectivity index (χ2v) is 9.05. The first kappa shape index (κ1) is 18.3. The predicted octanol–water partition coefficient (Wildman–Crippen LogP) is 6.14. The van der Waals surface area contributed by atoms with Crippen LogP contribution in [0.4, 0.5) is 0 Å². The van der Waals surface area contributed by atoms with Crippen molar-refractivity contribution >= 4 is 5.91 Å². The van der Waals surface area contributed by atoms with Crippen molar-refractivity contribution in [2.45, 2.75) is 122 Å². The maximum absolute atomic E-state index is 12.2. The molecule has 1 N–H and O–H groups in total. The number of carbonyl (C=O) groups excluding carboxylic acids is 1. The summed E-state index contributed by atoms with van der Waals surface area (Å²) in [6.45, 7) is 0. The van der Waals surface area contributed by atoms with Crippen LogP contribution in [0.25, 0.3) is 0 Å². The van der Waals surface area contributed by atoms with Gasteiger partial charge in [0.1, 0.15) is 0 Å². The lowest BCUT2D eigenvalue weighted by Crippen LogP contribution is -2.33. The molecule has 0 atom stereocenters. The lowest BCUT2D eigenvalue weighted by molar-refractivity contribution is -0.126. The van der Waals surface area contributed by atoms with Gasteiger partial charge in [-0.2, -0.15) is 0 Å². The second-order valence-electron chi connectivity index (χ2n) is 9.05.